The van der Waals surface area contributed by atoms with Gasteiger partial charge in [-0.05, 0) is 44.3 Å². The second kappa shape index (κ2) is 8.40. The molecule has 0 saturated carbocycles. The third-order valence-corrected chi connectivity index (χ3v) is 5.98. The number of hydrogen-bond acceptors (Lipinski definition) is 6. The van der Waals surface area contributed by atoms with Gasteiger partial charge in [0.1, 0.15) is 5.82 Å². The minimum atomic E-state index is 0.631. The van der Waals surface area contributed by atoms with Crippen LogP contribution in [0.25, 0.3) is 33.4 Å². The molecular formula is C25H25N7. The summed E-state index contributed by atoms with van der Waals surface area (Å²) in [6.45, 7) is 3.99. The van der Waals surface area contributed by atoms with E-state index >= 15 is 0 Å². The Bertz CT molecular complexity index is 1300. The second-order valence-electron chi connectivity index (χ2n) is 8.33. The van der Waals surface area contributed by atoms with Crippen LogP contribution in [0.15, 0.2) is 54.9 Å². The summed E-state index contributed by atoms with van der Waals surface area (Å²) >= 11 is 0. The summed E-state index contributed by atoms with van der Waals surface area (Å²) < 4.78 is 1.82. The Morgan fingerprint density at radius 2 is 1.72 bits per heavy atom. The summed E-state index contributed by atoms with van der Waals surface area (Å²) in [6.07, 6.45) is 5.00. The van der Waals surface area contributed by atoms with Gasteiger partial charge in [0.05, 0.1) is 34.7 Å². The summed E-state index contributed by atoms with van der Waals surface area (Å²) in [5.41, 5.74) is 5.19. The van der Waals surface area contributed by atoms with Crippen LogP contribution in [0, 0.1) is 11.3 Å². The number of benzene rings is 2. The van der Waals surface area contributed by atoms with Crippen LogP contribution in [0.1, 0.15) is 12.0 Å². The van der Waals surface area contributed by atoms with Gasteiger partial charge < -0.3 is 9.80 Å². The highest BCUT2D eigenvalue weighted by Gasteiger charge is 2.18. The van der Waals surface area contributed by atoms with Gasteiger partial charge in [0, 0.05) is 49.4 Å². The van der Waals surface area contributed by atoms with Crippen LogP contribution in [-0.2, 0) is 7.05 Å². The van der Waals surface area contributed by atoms with E-state index in [2.05, 4.69) is 34.1 Å². The van der Waals surface area contributed by atoms with Crippen LogP contribution in [0.4, 0.5) is 5.82 Å². The van der Waals surface area contributed by atoms with E-state index in [0.717, 1.165) is 71.8 Å². The van der Waals surface area contributed by atoms with E-state index in [-0.39, 0.29) is 0 Å². The summed E-state index contributed by atoms with van der Waals surface area (Å²) in [5.74, 6) is 0.894. The number of aryl methyl sites for hydroxylation is 1. The topological polar surface area (TPSA) is 73.9 Å². The summed E-state index contributed by atoms with van der Waals surface area (Å²) in [4.78, 5) is 14.7. The molecule has 3 heterocycles. The van der Waals surface area contributed by atoms with Crippen molar-refractivity contribution in [2.75, 3.05) is 38.1 Å². The molecule has 1 aliphatic heterocycles. The molecule has 32 heavy (non-hydrogen) atoms. The van der Waals surface area contributed by atoms with Crippen molar-refractivity contribution in [3.8, 4) is 28.6 Å². The molecule has 0 bridgehead atoms. The summed E-state index contributed by atoms with van der Waals surface area (Å²) in [7, 11) is 4.09. The first kappa shape index (κ1) is 20.2. The number of hydrogen-bond donors (Lipinski definition) is 0. The number of nitriles is 1. The average molecular weight is 424 g/mol. The van der Waals surface area contributed by atoms with Gasteiger partial charge in [0.2, 0.25) is 0 Å². The molecule has 1 aliphatic rings. The lowest BCUT2D eigenvalue weighted by molar-refractivity contribution is 0.360. The lowest BCUT2D eigenvalue weighted by atomic mass is 10.0. The normalized spacial score (nSPS) is 15.0. The number of fused-ring (bicyclic) bond motifs is 1. The van der Waals surface area contributed by atoms with E-state index in [4.69, 9.17) is 9.97 Å². The van der Waals surface area contributed by atoms with Crippen molar-refractivity contribution in [3.63, 3.8) is 0 Å². The minimum Gasteiger partial charge on any atom is -0.354 e. The maximum absolute atomic E-state index is 9.20. The van der Waals surface area contributed by atoms with Gasteiger partial charge in [-0.25, -0.2) is 4.98 Å². The van der Waals surface area contributed by atoms with Crippen LogP contribution < -0.4 is 4.90 Å². The molecule has 7 heteroatoms. The lowest BCUT2D eigenvalue weighted by Crippen LogP contribution is -2.29. The van der Waals surface area contributed by atoms with Gasteiger partial charge in [-0.1, -0.05) is 18.2 Å². The maximum Gasteiger partial charge on any atom is 0.147 e. The SMILES string of the molecule is CN1CCCN(c2cnc(-c3ccc4nn(C)cc4c3)c(-c3ccc(C#N)cc3)n2)CC1. The molecular weight excluding hydrogens is 398 g/mol. The second-order valence-corrected chi connectivity index (χ2v) is 8.33. The van der Waals surface area contributed by atoms with E-state index in [9.17, 15) is 5.26 Å². The first-order chi connectivity index (χ1) is 15.6. The molecule has 1 fully saturated rings. The van der Waals surface area contributed by atoms with Crippen LogP contribution in [0.2, 0.25) is 0 Å². The summed E-state index contributed by atoms with van der Waals surface area (Å²) in [6, 6.07) is 15.9. The Labute approximate surface area is 187 Å². The van der Waals surface area contributed by atoms with E-state index < -0.39 is 0 Å². The van der Waals surface area contributed by atoms with E-state index in [1.807, 2.05) is 60.5 Å². The number of likely N-dealkylation sites (N-methyl/N-ethyl adjacent to an activating group) is 1. The highest BCUT2D eigenvalue weighted by molar-refractivity contribution is 5.87. The molecule has 0 unspecified atom stereocenters. The molecule has 0 radical (unpaired) electrons. The Balaban J connectivity index is 1.62. The Kier molecular flexibility index (Phi) is 5.29. The third kappa shape index (κ3) is 3.93. The molecule has 0 spiro atoms. The Hall–Kier alpha value is -3.76. The largest absolute Gasteiger partial charge is 0.354 e. The number of aromatic nitrogens is 4. The number of rotatable bonds is 3. The predicted octanol–water partition coefficient (Wildman–Crippen LogP) is 3.71. The summed E-state index contributed by atoms with van der Waals surface area (Å²) in [5, 5.41) is 14.7. The molecule has 2 aromatic carbocycles. The van der Waals surface area contributed by atoms with Gasteiger partial charge in [-0.15, -0.1) is 0 Å². The van der Waals surface area contributed by atoms with Crippen LogP contribution in [0.3, 0.4) is 0 Å². The average Bonchev–Trinajstić information content (AvgIpc) is 3.06. The predicted molar refractivity (Wildman–Crippen MR) is 126 cm³/mol. The van der Waals surface area contributed by atoms with Crippen molar-refractivity contribution in [2.45, 2.75) is 6.42 Å². The Morgan fingerprint density at radius 1 is 0.906 bits per heavy atom. The zero-order valence-electron chi connectivity index (χ0n) is 18.4. The minimum absolute atomic E-state index is 0.631. The fourth-order valence-electron chi connectivity index (χ4n) is 4.22. The first-order valence-corrected chi connectivity index (χ1v) is 10.9. The molecule has 160 valence electrons. The zero-order chi connectivity index (χ0) is 22.1. The van der Waals surface area contributed by atoms with E-state index in [1.54, 1.807) is 0 Å². The molecule has 0 atom stereocenters. The molecule has 2 aromatic heterocycles. The van der Waals surface area contributed by atoms with E-state index in [1.165, 1.54) is 0 Å². The van der Waals surface area contributed by atoms with Crippen LogP contribution in [-0.4, -0.2) is 57.9 Å². The standard InChI is InChI=1S/C25H25N7/c1-30-10-3-11-32(13-12-30)23-16-27-24(20-8-9-22-21(14-20)17-31(2)29-22)25(28-23)19-6-4-18(15-26)5-7-19/h4-9,14,16-17H,3,10-13H2,1-2H3. The van der Waals surface area contributed by atoms with Crippen molar-refractivity contribution in [1.82, 2.24) is 24.6 Å². The van der Waals surface area contributed by atoms with Gasteiger partial charge in [0.25, 0.3) is 0 Å². The number of anilines is 1. The van der Waals surface area contributed by atoms with Crippen LogP contribution in [0.5, 0.6) is 0 Å². The van der Waals surface area contributed by atoms with Crippen molar-refractivity contribution in [1.29, 1.82) is 5.26 Å². The lowest BCUT2D eigenvalue weighted by Gasteiger charge is -2.22. The first-order valence-electron chi connectivity index (χ1n) is 10.9. The van der Waals surface area contributed by atoms with Gasteiger partial charge >= 0.3 is 0 Å². The molecule has 0 amide bonds. The fraction of sp³-hybridized carbons (Fsp3) is 0.280. The van der Waals surface area contributed by atoms with Gasteiger partial charge in [0.15, 0.2) is 0 Å². The highest BCUT2D eigenvalue weighted by Crippen LogP contribution is 2.32. The monoisotopic (exact) mass is 423 g/mol. The zero-order valence-corrected chi connectivity index (χ0v) is 18.4. The van der Waals surface area contributed by atoms with Crippen molar-refractivity contribution < 1.29 is 0 Å². The molecule has 5 rings (SSSR count). The fourth-order valence-corrected chi connectivity index (χ4v) is 4.22. The molecule has 0 N–H and O–H groups in total. The van der Waals surface area contributed by atoms with Crippen molar-refractivity contribution >= 4 is 16.7 Å². The van der Waals surface area contributed by atoms with E-state index in [0.29, 0.717) is 5.56 Å². The van der Waals surface area contributed by atoms with Gasteiger partial charge in [-0.3, -0.25) is 9.67 Å². The van der Waals surface area contributed by atoms with Gasteiger partial charge in [-0.2, -0.15) is 10.4 Å². The molecule has 7 nitrogen and oxygen atoms in total. The molecule has 1 saturated heterocycles. The molecule has 0 aliphatic carbocycles. The quantitative estimate of drug-likeness (QED) is 0.500. The number of nitrogens with zero attached hydrogens (tertiary/aromatic N) is 7. The van der Waals surface area contributed by atoms with Crippen molar-refractivity contribution in [3.05, 3.63) is 60.4 Å². The smallest absolute Gasteiger partial charge is 0.147 e. The molecule has 4 aromatic rings. The van der Waals surface area contributed by atoms with Crippen LogP contribution >= 0.6 is 0 Å². The van der Waals surface area contributed by atoms with Crippen molar-refractivity contribution in [2.24, 2.45) is 7.05 Å². The Morgan fingerprint density at radius 3 is 2.53 bits per heavy atom. The maximum atomic E-state index is 9.20. The highest BCUT2D eigenvalue weighted by atomic mass is 15.2. The third-order valence-electron chi connectivity index (χ3n) is 5.98.